The summed E-state index contributed by atoms with van der Waals surface area (Å²) < 4.78 is 4.72. The third-order valence-electron chi connectivity index (χ3n) is 2.38. The van der Waals surface area contributed by atoms with Crippen molar-refractivity contribution in [3.05, 3.63) is 29.3 Å². The monoisotopic (exact) mass is 239 g/mol. The molecule has 1 fully saturated rings. The molecule has 1 amide bonds. The molecule has 0 aliphatic carbocycles. The number of nitrogens with one attached hydrogen (secondary N) is 1. The number of halogens is 1. The number of rotatable bonds is 2. The molecule has 0 saturated carbocycles. The first-order valence-corrected chi connectivity index (χ1v) is 5.28. The Kier molecular flexibility index (Phi) is 3.10. The largest absolute Gasteiger partial charge is 0.465 e. The van der Waals surface area contributed by atoms with E-state index in [4.69, 9.17) is 16.3 Å². The van der Waals surface area contributed by atoms with Crippen LogP contribution in [0.1, 0.15) is 6.42 Å². The van der Waals surface area contributed by atoms with Gasteiger partial charge in [-0.3, -0.25) is 9.59 Å². The lowest BCUT2D eigenvalue weighted by Crippen LogP contribution is -2.26. The van der Waals surface area contributed by atoms with Crippen molar-refractivity contribution in [2.75, 3.05) is 11.9 Å². The Morgan fingerprint density at radius 1 is 1.44 bits per heavy atom. The van der Waals surface area contributed by atoms with Crippen molar-refractivity contribution in [2.45, 2.75) is 6.42 Å². The molecule has 1 aliphatic rings. The molecule has 84 valence electrons. The first kappa shape index (κ1) is 11.0. The Bertz CT molecular complexity index is 433. The summed E-state index contributed by atoms with van der Waals surface area (Å²) in [6.07, 6.45) is 0.426. The number of carbonyl (C=O) groups excluding carboxylic acids is 2. The van der Waals surface area contributed by atoms with Gasteiger partial charge >= 0.3 is 5.97 Å². The molecule has 0 aromatic heterocycles. The minimum absolute atomic E-state index is 0.305. The van der Waals surface area contributed by atoms with Gasteiger partial charge in [-0.25, -0.2) is 0 Å². The van der Waals surface area contributed by atoms with E-state index >= 15 is 0 Å². The molecule has 0 spiro atoms. The third kappa shape index (κ3) is 2.17. The van der Waals surface area contributed by atoms with Crippen molar-refractivity contribution in [1.82, 2.24) is 0 Å². The van der Waals surface area contributed by atoms with Crippen LogP contribution >= 0.6 is 11.6 Å². The maximum absolute atomic E-state index is 11.7. The fraction of sp³-hybridized carbons (Fsp3) is 0.273. The van der Waals surface area contributed by atoms with Crippen molar-refractivity contribution in [2.24, 2.45) is 5.92 Å². The van der Waals surface area contributed by atoms with Crippen LogP contribution < -0.4 is 5.32 Å². The smallest absolute Gasteiger partial charge is 0.318 e. The van der Waals surface area contributed by atoms with Crippen LogP contribution in [0, 0.1) is 5.92 Å². The van der Waals surface area contributed by atoms with Gasteiger partial charge in [0.15, 0.2) is 0 Å². The van der Waals surface area contributed by atoms with E-state index in [0.29, 0.717) is 23.7 Å². The second kappa shape index (κ2) is 4.53. The number of anilines is 1. The summed E-state index contributed by atoms with van der Waals surface area (Å²) in [5, 5.41) is 3.06. The SMILES string of the molecule is O=C(Nc1ccccc1Cl)C1CCOC1=O. The number of ether oxygens (including phenoxy) is 1. The first-order chi connectivity index (χ1) is 7.68. The van der Waals surface area contributed by atoms with Crippen molar-refractivity contribution in [3.63, 3.8) is 0 Å². The maximum atomic E-state index is 11.7. The minimum Gasteiger partial charge on any atom is -0.465 e. The van der Waals surface area contributed by atoms with Crippen LogP contribution in [0.4, 0.5) is 5.69 Å². The van der Waals surface area contributed by atoms with Gasteiger partial charge in [-0.2, -0.15) is 0 Å². The number of para-hydroxylation sites is 1. The Hall–Kier alpha value is -1.55. The highest BCUT2D eigenvalue weighted by molar-refractivity contribution is 6.33. The zero-order valence-electron chi connectivity index (χ0n) is 8.40. The van der Waals surface area contributed by atoms with Crippen LogP contribution in [0.2, 0.25) is 5.02 Å². The van der Waals surface area contributed by atoms with Gasteiger partial charge in [-0.15, -0.1) is 0 Å². The molecule has 1 aliphatic heterocycles. The molecule has 16 heavy (non-hydrogen) atoms. The molecule has 1 N–H and O–H groups in total. The third-order valence-corrected chi connectivity index (χ3v) is 2.71. The molecule has 5 heteroatoms. The summed E-state index contributed by atoms with van der Waals surface area (Å²) in [5.41, 5.74) is 0.508. The summed E-state index contributed by atoms with van der Waals surface area (Å²) in [4.78, 5) is 22.9. The quantitative estimate of drug-likeness (QED) is 0.633. The van der Waals surface area contributed by atoms with E-state index in [0.717, 1.165) is 0 Å². The number of hydrogen-bond donors (Lipinski definition) is 1. The van der Waals surface area contributed by atoms with Gasteiger partial charge in [0.05, 0.1) is 17.3 Å². The first-order valence-electron chi connectivity index (χ1n) is 4.90. The van der Waals surface area contributed by atoms with E-state index < -0.39 is 11.9 Å². The standard InChI is InChI=1S/C11H10ClNO3/c12-8-3-1-2-4-9(8)13-10(14)7-5-6-16-11(7)15/h1-4,7H,5-6H2,(H,13,14). The number of cyclic esters (lactones) is 1. The van der Waals surface area contributed by atoms with Gasteiger partial charge in [-0.1, -0.05) is 23.7 Å². The minimum atomic E-state index is -0.712. The number of amides is 1. The van der Waals surface area contributed by atoms with E-state index in [1.807, 2.05) is 0 Å². The lowest BCUT2D eigenvalue weighted by atomic mass is 10.1. The van der Waals surface area contributed by atoms with Gasteiger partial charge in [0, 0.05) is 6.42 Å². The molecule has 1 aromatic carbocycles. The highest BCUT2D eigenvalue weighted by Crippen LogP contribution is 2.23. The van der Waals surface area contributed by atoms with Crippen LogP contribution in [-0.2, 0) is 14.3 Å². The summed E-state index contributed by atoms with van der Waals surface area (Å²) in [6.45, 7) is 0.305. The average Bonchev–Trinajstić information content (AvgIpc) is 2.68. The second-order valence-corrected chi connectivity index (χ2v) is 3.89. The lowest BCUT2D eigenvalue weighted by molar-refractivity contribution is -0.143. The van der Waals surface area contributed by atoms with Gasteiger partial charge in [0.25, 0.3) is 0 Å². The molecule has 1 heterocycles. The summed E-state index contributed by atoms with van der Waals surface area (Å²) >= 11 is 5.88. The summed E-state index contributed by atoms with van der Waals surface area (Å²) in [7, 11) is 0. The molecule has 4 nitrogen and oxygen atoms in total. The Morgan fingerprint density at radius 3 is 2.81 bits per heavy atom. The summed E-state index contributed by atoms with van der Waals surface area (Å²) in [6, 6.07) is 6.88. The van der Waals surface area contributed by atoms with E-state index in [-0.39, 0.29) is 5.91 Å². The maximum Gasteiger partial charge on any atom is 0.318 e. The van der Waals surface area contributed by atoms with Crippen LogP contribution in [0.5, 0.6) is 0 Å². The summed E-state index contributed by atoms with van der Waals surface area (Å²) in [5.74, 6) is -1.54. The zero-order chi connectivity index (χ0) is 11.5. The van der Waals surface area contributed by atoms with Gasteiger partial charge in [0.2, 0.25) is 5.91 Å². The van der Waals surface area contributed by atoms with Crippen molar-refractivity contribution < 1.29 is 14.3 Å². The van der Waals surface area contributed by atoms with Crippen molar-refractivity contribution >= 4 is 29.2 Å². The van der Waals surface area contributed by atoms with Crippen LogP contribution in [0.15, 0.2) is 24.3 Å². The predicted octanol–water partition coefficient (Wildman–Crippen LogP) is 1.84. The Balaban J connectivity index is 2.08. The van der Waals surface area contributed by atoms with Crippen LogP contribution in [0.25, 0.3) is 0 Å². The fourth-order valence-corrected chi connectivity index (χ4v) is 1.70. The van der Waals surface area contributed by atoms with Crippen molar-refractivity contribution in [3.8, 4) is 0 Å². The molecule has 1 saturated heterocycles. The van der Waals surface area contributed by atoms with Gasteiger partial charge in [0.1, 0.15) is 5.92 Å². The Labute approximate surface area is 97.5 Å². The number of hydrogen-bond acceptors (Lipinski definition) is 3. The molecular weight excluding hydrogens is 230 g/mol. The van der Waals surface area contributed by atoms with E-state index in [2.05, 4.69) is 5.32 Å². The highest BCUT2D eigenvalue weighted by Gasteiger charge is 2.33. The van der Waals surface area contributed by atoms with E-state index in [1.54, 1.807) is 24.3 Å². The van der Waals surface area contributed by atoms with Gasteiger partial charge < -0.3 is 10.1 Å². The van der Waals surface area contributed by atoms with E-state index in [9.17, 15) is 9.59 Å². The molecule has 2 rings (SSSR count). The van der Waals surface area contributed by atoms with Crippen molar-refractivity contribution in [1.29, 1.82) is 0 Å². The number of carbonyl (C=O) groups is 2. The van der Waals surface area contributed by atoms with Crippen LogP contribution in [-0.4, -0.2) is 18.5 Å². The fourth-order valence-electron chi connectivity index (χ4n) is 1.52. The zero-order valence-corrected chi connectivity index (χ0v) is 9.16. The molecular formula is C11H10ClNO3. The number of esters is 1. The molecule has 1 atom stereocenters. The molecule has 1 unspecified atom stereocenters. The average molecular weight is 240 g/mol. The Morgan fingerprint density at radius 2 is 2.19 bits per heavy atom. The predicted molar refractivity (Wildman–Crippen MR) is 59.1 cm³/mol. The topological polar surface area (TPSA) is 55.4 Å². The molecule has 0 radical (unpaired) electrons. The second-order valence-electron chi connectivity index (χ2n) is 3.48. The lowest BCUT2D eigenvalue weighted by Gasteiger charge is -2.08. The normalized spacial score (nSPS) is 19.3. The molecule has 1 aromatic rings. The number of benzene rings is 1. The van der Waals surface area contributed by atoms with Gasteiger partial charge in [-0.05, 0) is 12.1 Å². The van der Waals surface area contributed by atoms with Crippen LogP contribution in [0.3, 0.4) is 0 Å². The molecule has 0 bridgehead atoms. The van der Waals surface area contributed by atoms with E-state index in [1.165, 1.54) is 0 Å². The highest BCUT2D eigenvalue weighted by atomic mass is 35.5.